The van der Waals surface area contributed by atoms with Crippen molar-refractivity contribution in [2.75, 3.05) is 6.54 Å². The van der Waals surface area contributed by atoms with Crippen LogP contribution in [-0.2, 0) is 4.79 Å². The van der Waals surface area contributed by atoms with E-state index in [0.717, 1.165) is 30.5 Å². The van der Waals surface area contributed by atoms with E-state index in [1.165, 1.54) is 0 Å². The smallest absolute Gasteiger partial charge is 0.253 e. The van der Waals surface area contributed by atoms with Crippen molar-refractivity contribution < 1.29 is 9.59 Å². The normalized spacial score (nSPS) is 16.7. The summed E-state index contributed by atoms with van der Waals surface area (Å²) in [5.74, 6) is -0.243. The molecular formula is C26H25ClN2O2. The van der Waals surface area contributed by atoms with Gasteiger partial charge in [0.2, 0.25) is 5.91 Å². The van der Waals surface area contributed by atoms with E-state index < -0.39 is 6.04 Å². The van der Waals surface area contributed by atoms with Gasteiger partial charge in [0.1, 0.15) is 0 Å². The minimum atomic E-state index is -0.436. The molecule has 0 saturated carbocycles. The second-order valence-corrected chi connectivity index (χ2v) is 8.18. The van der Waals surface area contributed by atoms with Crippen molar-refractivity contribution in [3.05, 3.63) is 107 Å². The quantitative estimate of drug-likeness (QED) is 0.554. The lowest BCUT2D eigenvalue weighted by molar-refractivity contribution is -0.132. The van der Waals surface area contributed by atoms with Crippen LogP contribution in [0.2, 0.25) is 5.02 Å². The van der Waals surface area contributed by atoms with Gasteiger partial charge in [-0.1, -0.05) is 84.4 Å². The van der Waals surface area contributed by atoms with Crippen LogP contribution >= 0.6 is 11.6 Å². The van der Waals surface area contributed by atoms with Crippen molar-refractivity contribution >= 4 is 23.4 Å². The molecule has 158 valence electrons. The average Bonchev–Trinajstić information content (AvgIpc) is 3.30. The second-order valence-electron chi connectivity index (χ2n) is 7.78. The fourth-order valence-electron chi connectivity index (χ4n) is 4.20. The highest BCUT2D eigenvalue weighted by Gasteiger charge is 2.31. The summed E-state index contributed by atoms with van der Waals surface area (Å²) >= 11 is 6.21. The summed E-state index contributed by atoms with van der Waals surface area (Å²) in [6, 6.07) is 26.4. The van der Waals surface area contributed by atoms with Crippen LogP contribution in [-0.4, -0.2) is 23.3 Å². The molecule has 1 heterocycles. The molecule has 3 aromatic carbocycles. The molecule has 3 aromatic rings. The summed E-state index contributed by atoms with van der Waals surface area (Å²) in [4.78, 5) is 28.2. The summed E-state index contributed by atoms with van der Waals surface area (Å²) in [5.41, 5.74) is 2.46. The number of hydrogen-bond donors (Lipinski definition) is 1. The van der Waals surface area contributed by atoms with Crippen LogP contribution in [0.5, 0.6) is 0 Å². The van der Waals surface area contributed by atoms with Gasteiger partial charge in [-0.2, -0.15) is 0 Å². The maximum Gasteiger partial charge on any atom is 0.253 e. The first-order valence-electron chi connectivity index (χ1n) is 10.6. The van der Waals surface area contributed by atoms with E-state index in [0.29, 0.717) is 10.6 Å². The number of halogens is 1. The van der Waals surface area contributed by atoms with Gasteiger partial charge in [0.15, 0.2) is 0 Å². The fraction of sp³-hybridized carbons (Fsp3) is 0.231. The Morgan fingerprint density at radius 2 is 1.58 bits per heavy atom. The highest BCUT2D eigenvalue weighted by Crippen LogP contribution is 2.33. The van der Waals surface area contributed by atoms with Crippen molar-refractivity contribution in [3.63, 3.8) is 0 Å². The zero-order valence-corrected chi connectivity index (χ0v) is 18.0. The summed E-state index contributed by atoms with van der Waals surface area (Å²) in [6.07, 6.45) is 2.13. The lowest BCUT2D eigenvalue weighted by atomic mass is 10.0. The molecule has 0 spiro atoms. The number of amides is 2. The molecule has 1 fully saturated rings. The number of carbonyl (C=O) groups excluding carboxylic acids is 2. The van der Waals surface area contributed by atoms with Gasteiger partial charge in [0.25, 0.3) is 5.91 Å². The molecule has 1 aliphatic heterocycles. The molecule has 0 aromatic heterocycles. The first kappa shape index (κ1) is 21.1. The Morgan fingerprint density at radius 3 is 2.29 bits per heavy atom. The number of hydrogen-bond acceptors (Lipinski definition) is 2. The van der Waals surface area contributed by atoms with Gasteiger partial charge in [0.05, 0.1) is 29.1 Å². The van der Waals surface area contributed by atoms with Crippen molar-refractivity contribution in [3.8, 4) is 0 Å². The SMILES string of the molecule is O=C(NC(CC(=O)N1CCCC1c1ccccc1)c1ccccc1)c1ccccc1Cl. The number of nitrogens with one attached hydrogen (secondary N) is 1. The Bertz CT molecular complexity index is 1040. The van der Waals surface area contributed by atoms with E-state index >= 15 is 0 Å². The number of likely N-dealkylation sites (tertiary alicyclic amines) is 1. The van der Waals surface area contributed by atoms with E-state index in [9.17, 15) is 9.59 Å². The third-order valence-corrected chi connectivity index (χ3v) is 6.09. The van der Waals surface area contributed by atoms with E-state index in [1.807, 2.05) is 53.4 Å². The van der Waals surface area contributed by atoms with Crippen LogP contribution in [0.15, 0.2) is 84.9 Å². The van der Waals surface area contributed by atoms with Gasteiger partial charge in [-0.05, 0) is 36.1 Å². The largest absolute Gasteiger partial charge is 0.345 e. The standard InChI is InChI=1S/C26H25ClN2O2/c27-22-15-8-7-14-21(22)26(31)28-23(19-10-3-1-4-11-19)18-25(30)29-17-9-16-24(29)20-12-5-2-6-13-20/h1-8,10-15,23-24H,9,16-18H2,(H,28,31). The molecule has 4 nitrogen and oxygen atoms in total. The Labute approximate surface area is 187 Å². The van der Waals surface area contributed by atoms with Crippen molar-refractivity contribution in [1.29, 1.82) is 0 Å². The maximum absolute atomic E-state index is 13.3. The molecule has 0 bridgehead atoms. The Morgan fingerprint density at radius 1 is 0.935 bits per heavy atom. The molecule has 5 heteroatoms. The third kappa shape index (κ3) is 4.97. The summed E-state index contributed by atoms with van der Waals surface area (Å²) in [7, 11) is 0. The minimum Gasteiger partial charge on any atom is -0.345 e. The number of benzene rings is 3. The lowest BCUT2D eigenvalue weighted by Gasteiger charge is -2.28. The predicted octanol–water partition coefficient (Wildman–Crippen LogP) is 5.56. The molecule has 31 heavy (non-hydrogen) atoms. The van der Waals surface area contributed by atoms with E-state index in [1.54, 1.807) is 24.3 Å². The van der Waals surface area contributed by atoms with Gasteiger partial charge in [-0.15, -0.1) is 0 Å². The molecule has 0 radical (unpaired) electrons. The third-order valence-electron chi connectivity index (χ3n) is 5.76. The highest BCUT2D eigenvalue weighted by molar-refractivity contribution is 6.33. The van der Waals surface area contributed by atoms with Crippen LogP contribution in [0.3, 0.4) is 0 Å². The maximum atomic E-state index is 13.3. The van der Waals surface area contributed by atoms with Gasteiger partial charge in [0, 0.05) is 6.54 Å². The number of rotatable bonds is 6. The zero-order valence-electron chi connectivity index (χ0n) is 17.2. The van der Waals surface area contributed by atoms with Crippen LogP contribution in [0.1, 0.15) is 52.8 Å². The molecule has 1 saturated heterocycles. The molecule has 2 unspecified atom stereocenters. The van der Waals surface area contributed by atoms with Crippen molar-refractivity contribution in [1.82, 2.24) is 10.2 Å². The average molecular weight is 433 g/mol. The molecule has 1 aliphatic rings. The molecule has 1 N–H and O–H groups in total. The van der Waals surface area contributed by atoms with E-state index in [2.05, 4.69) is 17.4 Å². The number of nitrogens with zero attached hydrogens (tertiary/aromatic N) is 1. The number of carbonyl (C=O) groups is 2. The van der Waals surface area contributed by atoms with Crippen LogP contribution in [0.4, 0.5) is 0 Å². The summed E-state index contributed by atoms with van der Waals surface area (Å²) in [5, 5.41) is 3.42. The van der Waals surface area contributed by atoms with Gasteiger partial charge in [-0.3, -0.25) is 9.59 Å². The topological polar surface area (TPSA) is 49.4 Å². The van der Waals surface area contributed by atoms with Gasteiger partial charge < -0.3 is 10.2 Å². The first-order chi connectivity index (χ1) is 15.1. The van der Waals surface area contributed by atoms with Crippen LogP contribution in [0, 0.1) is 0 Å². The molecular weight excluding hydrogens is 408 g/mol. The Balaban J connectivity index is 1.54. The van der Waals surface area contributed by atoms with E-state index in [4.69, 9.17) is 11.6 Å². The molecule has 2 amide bonds. The van der Waals surface area contributed by atoms with Crippen molar-refractivity contribution in [2.24, 2.45) is 0 Å². The van der Waals surface area contributed by atoms with E-state index in [-0.39, 0.29) is 24.3 Å². The molecule has 2 atom stereocenters. The summed E-state index contributed by atoms with van der Waals surface area (Å²) in [6.45, 7) is 0.734. The zero-order chi connectivity index (χ0) is 21.6. The fourth-order valence-corrected chi connectivity index (χ4v) is 4.42. The molecule has 4 rings (SSSR count). The summed E-state index contributed by atoms with van der Waals surface area (Å²) < 4.78 is 0. The van der Waals surface area contributed by atoms with Gasteiger partial charge in [-0.25, -0.2) is 0 Å². The lowest BCUT2D eigenvalue weighted by Crippen LogP contribution is -2.36. The van der Waals surface area contributed by atoms with Crippen molar-refractivity contribution in [2.45, 2.75) is 31.3 Å². The predicted molar refractivity (Wildman–Crippen MR) is 123 cm³/mol. The van der Waals surface area contributed by atoms with Gasteiger partial charge >= 0.3 is 0 Å². The Kier molecular flexibility index (Phi) is 6.68. The highest BCUT2D eigenvalue weighted by atomic mass is 35.5. The minimum absolute atomic E-state index is 0.0414. The second kappa shape index (κ2) is 9.80. The Hall–Kier alpha value is -3.11. The monoisotopic (exact) mass is 432 g/mol. The van der Waals surface area contributed by atoms with Crippen LogP contribution in [0.25, 0.3) is 0 Å². The van der Waals surface area contributed by atoms with Crippen LogP contribution < -0.4 is 5.32 Å². The molecule has 0 aliphatic carbocycles. The first-order valence-corrected chi connectivity index (χ1v) is 11.0.